The van der Waals surface area contributed by atoms with Gasteiger partial charge >= 0.3 is 5.97 Å². The Labute approximate surface area is 105 Å². The molecule has 0 atom stereocenters. The molecule has 1 heterocycles. The molecule has 92 valence electrons. The molecule has 0 aliphatic carbocycles. The first kappa shape index (κ1) is 13.4. The second kappa shape index (κ2) is 6.14. The Morgan fingerprint density at radius 3 is 2.94 bits per heavy atom. The van der Waals surface area contributed by atoms with Crippen LogP contribution in [-0.2, 0) is 9.53 Å². The van der Waals surface area contributed by atoms with Gasteiger partial charge in [0.05, 0.1) is 16.0 Å². The van der Waals surface area contributed by atoms with E-state index in [1.807, 2.05) is 0 Å². The molecule has 0 aliphatic heterocycles. The average Bonchev–Trinajstić information content (AvgIpc) is 2.27. The molecule has 0 aliphatic rings. The Bertz CT molecular complexity index is 438. The summed E-state index contributed by atoms with van der Waals surface area (Å²) in [5.41, 5.74) is -0.126. The van der Waals surface area contributed by atoms with Gasteiger partial charge in [-0.2, -0.15) is 0 Å². The van der Waals surface area contributed by atoms with Crippen molar-refractivity contribution in [2.45, 2.75) is 6.92 Å². The van der Waals surface area contributed by atoms with Gasteiger partial charge in [0.25, 0.3) is 5.69 Å². The van der Waals surface area contributed by atoms with Gasteiger partial charge < -0.3 is 10.1 Å². The van der Waals surface area contributed by atoms with E-state index in [1.54, 1.807) is 6.92 Å². The fraction of sp³-hybridized carbons (Fsp3) is 0.333. The van der Waals surface area contributed by atoms with Gasteiger partial charge in [-0.05, 0) is 22.9 Å². The van der Waals surface area contributed by atoms with Crippen LogP contribution in [-0.4, -0.2) is 29.0 Å². The van der Waals surface area contributed by atoms with Gasteiger partial charge in [0, 0.05) is 6.07 Å². The number of nitrogens with zero attached hydrogens (tertiary/aromatic N) is 2. The van der Waals surface area contributed by atoms with E-state index in [-0.39, 0.29) is 12.2 Å². The lowest BCUT2D eigenvalue weighted by Gasteiger charge is -2.06. The highest BCUT2D eigenvalue weighted by atomic mass is 79.9. The molecule has 0 amide bonds. The first-order chi connectivity index (χ1) is 8.04. The zero-order valence-electron chi connectivity index (χ0n) is 8.97. The summed E-state index contributed by atoms with van der Waals surface area (Å²) in [5.74, 6) is -0.0665. The first-order valence-corrected chi connectivity index (χ1v) is 5.53. The Balaban J connectivity index is 2.66. The number of nitrogens with one attached hydrogen (secondary N) is 1. The van der Waals surface area contributed by atoms with Crippen molar-refractivity contribution in [1.82, 2.24) is 4.98 Å². The van der Waals surface area contributed by atoms with Crippen LogP contribution in [0.15, 0.2) is 16.7 Å². The number of hydrogen-bond donors (Lipinski definition) is 1. The average molecular weight is 304 g/mol. The van der Waals surface area contributed by atoms with Gasteiger partial charge in [-0.25, -0.2) is 4.98 Å². The second-order valence-electron chi connectivity index (χ2n) is 2.94. The quantitative estimate of drug-likeness (QED) is 0.506. The molecule has 17 heavy (non-hydrogen) atoms. The summed E-state index contributed by atoms with van der Waals surface area (Å²) in [7, 11) is 0. The molecule has 0 saturated carbocycles. The summed E-state index contributed by atoms with van der Waals surface area (Å²) in [4.78, 5) is 24.8. The Morgan fingerprint density at radius 1 is 1.71 bits per heavy atom. The SMILES string of the molecule is CCOC(=O)CNc1ncc([N+](=O)[O-])cc1Br. The number of anilines is 1. The maximum atomic E-state index is 11.1. The standard InChI is InChI=1S/C9H10BrN3O4/c1-2-17-8(14)5-12-9-7(10)3-6(4-11-9)13(15)16/h3-4H,2,5H2,1H3,(H,11,12). The van der Waals surface area contributed by atoms with Crippen LogP contribution in [0, 0.1) is 10.1 Å². The molecule has 0 radical (unpaired) electrons. The third kappa shape index (κ3) is 3.99. The Kier molecular flexibility index (Phi) is 4.83. The normalized spacial score (nSPS) is 9.76. The van der Waals surface area contributed by atoms with E-state index in [4.69, 9.17) is 4.74 Å². The molecule has 7 nitrogen and oxygen atoms in total. The molecular weight excluding hydrogens is 294 g/mol. The summed E-state index contributed by atoms with van der Waals surface area (Å²) < 4.78 is 5.13. The van der Waals surface area contributed by atoms with Crippen molar-refractivity contribution in [2.24, 2.45) is 0 Å². The summed E-state index contributed by atoms with van der Waals surface area (Å²) in [6, 6.07) is 1.31. The highest BCUT2D eigenvalue weighted by Gasteiger charge is 2.11. The van der Waals surface area contributed by atoms with E-state index in [2.05, 4.69) is 26.2 Å². The lowest BCUT2D eigenvalue weighted by molar-refractivity contribution is -0.385. The lowest BCUT2D eigenvalue weighted by atomic mass is 10.4. The van der Waals surface area contributed by atoms with Gasteiger partial charge in [-0.1, -0.05) is 0 Å². The molecule has 1 rings (SSSR count). The van der Waals surface area contributed by atoms with Gasteiger partial charge in [0.1, 0.15) is 18.6 Å². The van der Waals surface area contributed by atoms with Crippen LogP contribution in [0.3, 0.4) is 0 Å². The molecule has 0 unspecified atom stereocenters. The highest BCUT2D eigenvalue weighted by molar-refractivity contribution is 9.10. The molecule has 1 aromatic rings. The van der Waals surface area contributed by atoms with Gasteiger partial charge in [0.15, 0.2) is 0 Å². The third-order valence-corrected chi connectivity index (χ3v) is 2.35. The number of rotatable bonds is 5. The molecule has 0 fully saturated rings. The van der Waals surface area contributed by atoms with Crippen LogP contribution in [0.25, 0.3) is 0 Å². The number of aromatic nitrogens is 1. The topological polar surface area (TPSA) is 94.4 Å². The zero-order chi connectivity index (χ0) is 12.8. The summed E-state index contributed by atoms with van der Waals surface area (Å²) in [6.07, 6.45) is 1.11. The lowest BCUT2D eigenvalue weighted by Crippen LogP contribution is -2.17. The van der Waals surface area contributed by atoms with Gasteiger partial charge in [-0.15, -0.1) is 0 Å². The largest absolute Gasteiger partial charge is 0.465 e. The molecule has 0 aromatic carbocycles. The number of nitro groups is 1. The Hall–Kier alpha value is -1.70. The number of ether oxygens (including phenoxy) is 1. The van der Waals surface area contributed by atoms with Crippen LogP contribution in [0.4, 0.5) is 11.5 Å². The highest BCUT2D eigenvalue weighted by Crippen LogP contribution is 2.24. The molecule has 8 heteroatoms. The maximum Gasteiger partial charge on any atom is 0.325 e. The Morgan fingerprint density at radius 2 is 2.41 bits per heavy atom. The summed E-state index contributed by atoms with van der Waals surface area (Å²) in [5, 5.41) is 13.2. The smallest absolute Gasteiger partial charge is 0.325 e. The van der Waals surface area contributed by atoms with E-state index in [1.165, 1.54) is 6.07 Å². The minimum absolute atomic E-state index is 0.0444. The first-order valence-electron chi connectivity index (χ1n) is 4.74. The van der Waals surface area contributed by atoms with Crippen molar-refractivity contribution in [3.05, 3.63) is 26.9 Å². The van der Waals surface area contributed by atoms with E-state index >= 15 is 0 Å². The minimum atomic E-state index is -0.549. The van der Waals surface area contributed by atoms with Crippen molar-refractivity contribution in [3.8, 4) is 0 Å². The van der Waals surface area contributed by atoms with Crippen LogP contribution < -0.4 is 5.32 Å². The molecule has 1 aromatic heterocycles. The number of carbonyl (C=O) groups excluding carboxylic acids is 1. The molecule has 0 saturated heterocycles. The number of esters is 1. The minimum Gasteiger partial charge on any atom is -0.465 e. The van der Waals surface area contributed by atoms with Crippen molar-refractivity contribution in [2.75, 3.05) is 18.5 Å². The van der Waals surface area contributed by atoms with Crippen LogP contribution in [0.1, 0.15) is 6.92 Å². The zero-order valence-corrected chi connectivity index (χ0v) is 10.6. The summed E-state index contributed by atoms with van der Waals surface area (Å²) in [6.45, 7) is 1.96. The van der Waals surface area contributed by atoms with Crippen LogP contribution in [0.5, 0.6) is 0 Å². The van der Waals surface area contributed by atoms with E-state index in [0.29, 0.717) is 16.9 Å². The van der Waals surface area contributed by atoms with Crippen molar-refractivity contribution >= 4 is 33.4 Å². The molecule has 1 N–H and O–H groups in total. The van der Waals surface area contributed by atoms with Crippen LogP contribution >= 0.6 is 15.9 Å². The fourth-order valence-electron chi connectivity index (χ4n) is 1.03. The van der Waals surface area contributed by atoms with Crippen LogP contribution in [0.2, 0.25) is 0 Å². The maximum absolute atomic E-state index is 11.1. The third-order valence-electron chi connectivity index (χ3n) is 1.74. The number of hydrogen-bond acceptors (Lipinski definition) is 6. The number of pyridine rings is 1. The second-order valence-corrected chi connectivity index (χ2v) is 3.79. The predicted octanol–water partition coefficient (Wildman–Crippen LogP) is 1.73. The predicted molar refractivity (Wildman–Crippen MR) is 63.7 cm³/mol. The van der Waals surface area contributed by atoms with E-state index in [0.717, 1.165) is 6.20 Å². The summed E-state index contributed by atoms with van der Waals surface area (Å²) >= 11 is 3.12. The molecular formula is C9H10BrN3O4. The fourth-order valence-corrected chi connectivity index (χ4v) is 1.50. The van der Waals surface area contributed by atoms with Crippen molar-refractivity contribution in [1.29, 1.82) is 0 Å². The number of carbonyl (C=O) groups is 1. The van der Waals surface area contributed by atoms with E-state index < -0.39 is 10.9 Å². The van der Waals surface area contributed by atoms with Gasteiger partial charge in [0.2, 0.25) is 0 Å². The van der Waals surface area contributed by atoms with Crippen molar-refractivity contribution in [3.63, 3.8) is 0 Å². The monoisotopic (exact) mass is 303 g/mol. The molecule has 0 spiro atoms. The van der Waals surface area contributed by atoms with E-state index in [9.17, 15) is 14.9 Å². The van der Waals surface area contributed by atoms with Gasteiger partial charge in [-0.3, -0.25) is 14.9 Å². The molecule has 0 bridgehead atoms. The van der Waals surface area contributed by atoms with Crippen molar-refractivity contribution < 1.29 is 14.5 Å². The number of halogens is 1.